The van der Waals surface area contributed by atoms with Gasteiger partial charge in [0.05, 0.1) is 0 Å². The topological polar surface area (TPSA) is 72.2 Å². The number of nitrogens with two attached hydrogens (primary N) is 1. The monoisotopic (exact) mass is 290 g/mol. The van der Waals surface area contributed by atoms with Gasteiger partial charge in [0.25, 0.3) is 0 Å². The molecule has 0 aromatic heterocycles. The average Bonchev–Trinajstić information content (AvgIpc) is 2.08. The van der Waals surface area contributed by atoms with Gasteiger partial charge in [0.1, 0.15) is 0 Å². The lowest BCUT2D eigenvalue weighted by Gasteiger charge is -2.01. The van der Waals surface area contributed by atoms with Crippen LogP contribution in [0.15, 0.2) is 24.3 Å². The summed E-state index contributed by atoms with van der Waals surface area (Å²) in [6, 6.07) is 7.03. The zero-order chi connectivity index (χ0) is 9.84. The maximum atomic E-state index is 10.8. The number of carbonyl (C=O) groups is 2. The lowest BCUT2D eigenvalue weighted by molar-refractivity contribution is -0.134. The van der Waals surface area contributed by atoms with E-state index in [0.29, 0.717) is 5.69 Å². The number of halogens is 1. The van der Waals surface area contributed by atoms with Crippen LogP contribution >= 0.6 is 22.6 Å². The lowest BCUT2D eigenvalue weighted by Crippen LogP contribution is -2.29. The molecule has 0 atom stereocenters. The first kappa shape index (κ1) is 9.97. The molecule has 0 saturated heterocycles. The first-order valence-corrected chi connectivity index (χ1v) is 4.54. The van der Waals surface area contributed by atoms with Gasteiger partial charge in [-0.3, -0.25) is 9.59 Å². The predicted molar refractivity (Wildman–Crippen MR) is 57.0 cm³/mol. The fourth-order valence-corrected chi connectivity index (χ4v) is 1.09. The molecule has 0 bridgehead atoms. The molecule has 0 aliphatic rings. The summed E-state index contributed by atoms with van der Waals surface area (Å²) in [5.74, 6) is -1.79. The van der Waals surface area contributed by atoms with Crippen LogP contribution in [0, 0.1) is 3.57 Å². The van der Waals surface area contributed by atoms with Crippen molar-refractivity contribution in [1.29, 1.82) is 0 Å². The van der Waals surface area contributed by atoms with Crippen LogP contribution in [-0.4, -0.2) is 11.8 Å². The molecule has 0 aliphatic heterocycles. The van der Waals surface area contributed by atoms with E-state index in [4.69, 9.17) is 5.73 Å². The Morgan fingerprint density at radius 2 is 1.77 bits per heavy atom. The molecule has 0 unspecified atom stereocenters. The van der Waals surface area contributed by atoms with Gasteiger partial charge in [-0.25, -0.2) is 0 Å². The summed E-state index contributed by atoms with van der Waals surface area (Å²) in [6.45, 7) is 0. The smallest absolute Gasteiger partial charge is 0.313 e. The van der Waals surface area contributed by atoms with E-state index in [0.717, 1.165) is 3.57 Å². The Labute approximate surface area is 88.6 Å². The highest BCUT2D eigenvalue weighted by atomic mass is 127. The molecule has 1 aromatic rings. The van der Waals surface area contributed by atoms with Gasteiger partial charge in [-0.15, -0.1) is 0 Å². The molecular formula is C8H7IN2O2. The third-order valence-corrected chi connectivity index (χ3v) is 2.05. The third-order valence-electron chi connectivity index (χ3n) is 1.33. The number of nitrogens with one attached hydrogen (secondary N) is 1. The van der Waals surface area contributed by atoms with Crippen LogP contribution in [0.1, 0.15) is 0 Å². The Kier molecular flexibility index (Phi) is 3.24. The van der Waals surface area contributed by atoms with Crippen LogP contribution in [0.2, 0.25) is 0 Å². The molecule has 0 saturated carbocycles. The standard InChI is InChI=1S/C8H7IN2O2/c9-5-1-3-6(4-2-5)11-8(13)7(10)12/h1-4H,(H2,10,12)(H,11,13). The van der Waals surface area contributed by atoms with Crippen molar-refractivity contribution in [2.75, 3.05) is 5.32 Å². The molecule has 0 fully saturated rings. The van der Waals surface area contributed by atoms with Gasteiger partial charge in [-0.05, 0) is 46.9 Å². The third kappa shape index (κ3) is 3.02. The number of rotatable bonds is 1. The summed E-state index contributed by atoms with van der Waals surface area (Å²) < 4.78 is 1.05. The van der Waals surface area contributed by atoms with Crippen LogP contribution in [0.25, 0.3) is 0 Å². The largest absolute Gasteiger partial charge is 0.361 e. The highest BCUT2D eigenvalue weighted by molar-refractivity contribution is 14.1. The molecule has 0 heterocycles. The molecule has 1 rings (SSSR count). The van der Waals surface area contributed by atoms with Gasteiger partial charge >= 0.3 is 11.8 Å². The number of hydrogen-bond donors (Lipinski definition) is 2. The lowest BCUT2D eigenvalue weighted by atomic mass is 10.3. The molecule has 68 valence electrons. The molecular weight excluding hydrogens is 283 g/mol. The molecule has 0 spiro atoms. The van der Waals surface area contributed by atoms with Gasteiger partial charge in [-0.1, -0.05) is 0 Å². The Bertz CT molecular complexity index is 335. The van der Waals surface area contributed by atoms with Crippen molar-refractivity contribution >= 4 is 40.1 Å². The summed E-state index contributed by atoms with van der Waals surface area (Å²) in [5.41, 5.74) is 5.32. The maximum Gasteiger partial charge on any atom is 0.313 e. The zero-order valence-electron chi connectivity index (χ0n) is 6.58. The van der Waals surface area contributed by atoms with Crippen molar-refractivity contribution < 1.29 is 9.59 Å². The Morgan fingerprint density at radius 1 is 1.23 bits per heavy atom. The molecule has 5 heteroatoms. The Morgan fingerprint density at radius 3 is 2.23 bits per heavy atom. The molecule has 0 radical (unpaired) electrons. The molecule has 4 nitrogen and oxygen atoms in total. The number of anilines is 1. The van der Waals surface area contributed by atoms with E-state index in [1.54, 1.807) is 12.1 Å². The van der Waals surface area contributed by atoms with Crippen molar-refractivity contribution in [2.45, 2.75) is 0 Å². The predicted octanol–water partition coefficient (Wildman–Crippen LogP) is 0.715. The van der Waals surface area contributed by atoms with E-state index in [1.807, 2.05) is 12.1 Å². The van der Waals surface area contributed by atoms with Gasteiger partial charge in [-0.2, -0.15) is 0 Å². The van der Waals surface area contributed by atoms with Gasteiger partial charge in [0.15, 0.2) is 0 Å². The van der Waals surface area contributed by atoms with E-state index in [9.17, 15) is 9.59 Å². The minimum absolute atomic E-state index is 0.559. The second-order valence-corrected chi connectivity index (χ2v) is 3.57. The molecule has 3 N–H and O–H groups in total. The van der Waals surface area contributed by atoms with Crippen molar-refractivity contribution in [1.82, 2.24) is 0 Å². The number of hydrogen-bond acceptors (Lipinski definition) is 2. The second kappa shape index (κ2) is 4.22. The first-order valence-electron chi connectivity index (χ1n) is 3.46. The van der Waals surface area contributed by atoms with E-state index >= 15 is 0 Å². The Balaban J connectivity index is 2.70. The summed E-state index contributed by atoms with van der Waals surface area (Å²) in [4.78, 5) is 21.2. The van der Waals surface area contributed by atoms with E-state index < -0.39 is 11.8 Å². The fraction of sp³-hybridized carbons (Fsp3) is 0. The van der Waals surface area contributed by atoms with Crippen LogP contribution in [-0.2, 0) is 9.59 Å². The summed E-state index contributed by atoms with van der Waals surface area (Å²) in [5, 5.41) is 2.35. The molecule has 0 aliphatic carbocycles. The second-order valence-electron chi connectivity index (χ2n) is 2.33. The number of amides is 2. The van der Waals surface area contributed by atoms with Crippen molar-refractivity contribution in [3.63, 3.8) is 0 Å². The van der Waals surface area contributed by atoms with Crippen LogP contribution in [0.4, 0.5) is 5.69 Å². The molecule has 2 amide bonds. The minimum atomic E-state index is -0.987. The van der Waals surface area contributed by atoms with Crippen LogP contribution in [0.3, 0.4) is 0 Å². The summed E-state index contributed by atoms with van der Waals surface area (Å²) in [7, 11) is 0. The van der Waals surface area contributed by atoms with Gasteiger partial charge < -0.3 is 11.1 Å². The summed E-state index contributed by atoms with van der Waals surface area (Å²) in [6.07, 6.45) is 0. The zero-order valence-corrected chi connectivity index (χ0v) is 8.74. The summed E-state index contributed by atoms with van der Waals surface area (Å²) >= 11 is 2.14. The van der Waals surface area contributed by atoms with Gasteiger partial charge in [0, 0.05) is 9.26 Å². The SMILES string of the molecule is NC(=O)C(=O)Nc1ccc(I)cc1. The van der Waals surface area contributed by atoms with Gasteiger partial charge in [0.2, 0.25) is 0 Å². The normalized spacial score (nSPS) is 9.31. The highest BCUT2D eigenvalue weighted by Gasteiger charge is 2.07. The number of benzene rings is 1. The van der Waals surface area contributed by atoms with E-state index in [-0.39, 0.29) is 0 Å². The van der Waals surface area contributed by atoms with Crippen molar-refractivity contribution in [3.8, 4) is 0 Å². The quantitative estimate of drug-likeness (QED) is 0.591. The highest BCUT2D eigenvalue weighted by Crippen LogP contribution is 2.10. The Hall–Kier alpha value is -1.11. The molecule has 13 heavy (non-hydrogen) atoms. The fourth-order valence-electron chi connectivity index (χ4n) is 0.726. The van der Waals surface area contributed by atoms with E-state index in [2.05, 4.69) is 27.9 Å². The maximum absolute atomic E-state index is 10.8. The minimum Gasteiger partial charge on any atom is -0.361 e. The first-order chi connectivity index (χ1) is 6.09. The average molecular weight is 290 g/mol. The number of primary amides is 1. The van der Waals surface area contributed by atoms with Crippen molar-refractivity contribution in [2.24, 2.45) is 5.73 Å². The van der Waals surface area contributed by atoms with E-state index in [1.165, 1.54) is 0 Å². The van der Waals surface area contributed by atoms with Crippen LogP contribution < -0.4 is 11.1 Å². The molecule has 1 aromatic carbocycles. The van der Waals surface area contributed by atoms with Crippen LogP contribution in [0.5, 0.6) is 0 Å². The number of carbonyl (C=O) groups excluding carboxylic acids is 2. The van der Waals surface area contributed by atoms with Crippen molar-refractivity contribution in [3.05, 3.63) is 27.8 Å².